The Kier molecular flexibility index (Phi) is 6.35. The Labute approximate surface area is 186 Å². The molecule has 0 aliphatic heterocycles. The summed E-state index contributed by atoms with van der Waals surface area (Å²) in [6.07, 6.45) is 0.942. The number of rotatable bonds is 8. The molecule has 0 radical (unpaired) electrons. The van der Waals surface area contributed by atoms with Gasteiger partial charge in [-0.3, -0.25) is 14.7 Å². The van der Waals surface area contributed by atoms with Crippen LogP contribution in [-0.2, 0) is 24.2 Å². The molecule has 164 valence electrons. The molecule has 0 aliphatic rings. The third-order valence-corrected chi connectivity index (χ3v) is 5.45. The third kappa shape index (κ3) is 5.06. The number of H-pyrrole nitrogens is 1. The van der Waals surface area contributed by atoms with Crippen LogP contribution in [0, 0.1) is 13.8 Å². The van der Waals surface area contributed by atoms with Crippen LogP contribution in [0.4, 0.5) is 0 Å². The smallest absolute Gasteiger partial charge is 0.266 e. The van der Waals surface area contributed by atoms with Crippen molar-refractivity contribution in [1.29, 1.82) is 0 Å². The number of ether oxygens (including phenoxy) is 1. The van der Waals surface area contributed by atoms with Gasteiger partial charge in [0.05, 0.1) is 6.42 Å². The number of nitrogens with one attached hydrogen (secondary N) is 2. The second-order valence-electron chi connectivity index (χ2n) is 7.77. The monoisotopic (exact) mass is 430 g/mol. The standard InChI is InChI=1S/C25H26N4O3/c1-17-22(18(2)29-23(27-17)15-25(31)28-29)14-24(30)26-13-12-19-8-10-21(11-9-19)32-16-20-6-4-3-5-7-20/h3-11,15H,12-14,16H2,1-2H3,(H,26,30)(H,28,31). The first-order valence-electron chi connectivity index (χ1n) is 10.6. The first-order valence-corrected chi connectivity index (χ1v) is 10.6. The maximum Gasteiger partial charge on any atom is 0.266 e. The quantitative estimate of drug-likeness (QED) is 0.450. The number of benzene rings is 2. The first kappa shape index (κ1) is 21.4. The van der Waals surface area contributed by atoms with Crippen LogP contribution < -0.4 is 15.6 Å². The summed E-state index contributed by atoms with van der Waals surface area (Å²) in [5, 5.41) is 5.68. The average Bonchev–Trinajstić information content (AvgIpc) is 3.17. The van der Waals surface area contributed by atoms with Crippen molar-refractivity contribution >= 4 is 11.6 Å². The lowest BCUT2D eigenvalue weighted by atomic mass is 10.1. The Balaban J connectivity index is 1.28. The first-order chi connectivity index (χ1) is 15.5. The predicted molar refractivity (Wildman–Crippen MR) is 123 cm³/mol. The molecule has 4 aromatic rings. The van der Waals surface area contributed by atoms with Crippen molar-refractivity contribution in [2.24, 2.45) is 0 Å². The van der Waals surface area contributed by atoms with Crippen molar-refractivity contribution in [3.8, 4) is 5.75 Å². The molecule has 0 atom stereocenters. The number of aryl methyl sites for hydroxylation is 2. The molecule has 2 aromatic heterocycles. The van der Waals surface area contributed by atoms with E-state index in [1.54, 1.807) is 4.52 Å². The maximum absolute atomic E-state index is 12.5. The van der Waals surface area contributed by atoms with E-state index in [2.05, 4.69) is 15.4 Å². The highest BCUT2D eigenvalue weighted by molar-refractivity contribution is 5.79. The highest BCUT2D eigenvalue weighted by Gasteiger charge is 2.14. The summed E-state index contributed by atoms with van der Waals surface area (Å²) in [7, 11) is 0. The zero-order valence-corrected chi connectivity index (χ0v) is 18.2. The largest absolute Gasteiger partial charge is 0.489 e. The molecule has 0 unspecified atom stereocenters. The molecule has 2 heterocycles. The van der Waals surface area contributed by atoms with Gasteiger partial charge in [-0.1, -0.05) is 42.5 Å². The number of aromatic nitrogens is 3. The normalized spacial score (nSPS) is 10.9. The number of aromatic amines is 1. The molecule has 0 fully saturated rings. The lowest BCUT2D eigenvalue weighted by Crippen LogP contribution is -2.28. The van der Waals surface area contributed by atoms with E-state index in [1.165, 1.54) is 6.07 Å². The summed E-state index contributed by atoms with van der Waals surface area (Å²) < 4.78 is 7.44. The minimum atomic E-state index is -0.210. The van der Waals surface area contributed by atoms with Gasteiger partial charge in [-0.05, 0) is 43.5 Å². The zero-order chi connectivity index (χ0) is 22.5. The Hall–Kier alpha value is -3.87. The van der Waals surface area contributed by atoms with Gasteiger partial charge in [-0.25, -0.2) is 9.50 Å². The van der Waals surface area contributed by atoms with Gasteiger partial charge in [0.1, 0.15) is 12.4 Å². The van der Waals surface area contributed by atoms with E-state index in [-0.39, 0.29) is 17.9 Å². The van der Waals surface area contributed by atoms with Gasteiger partial charge in [0.2, 0.25) is 5.91 Å². The number of fused-ring (bicyclic) bond motifs is 1. The van der Waals surface area contributed by atoms with Gasteiger partial charge in [0.25, 0.3) is 5.56 Å². The molecule has 7 heteroatoms. The molecule has 0 bridgehead atoms. The minimum absolute atomic E-state index is 0.0744. The van der Waals surface area contributed by atoms with Crippen LogP contribution in [-0.4, -0.2) is 27.0 Å². The zero-order valence-electron chi connectivity index (χ0n) is 18.2. The molecule has 1 amide bonds. The number of hydrogen-bond donors (Lipinski definition) is 2. The summed E-state index contributed by atoms with van der Waals surface area (Å²) in [5.41, 5.74) is 4.99. The third-order valence-electron chi connectivity index (χ3n) is 5.45. The van der Waals surface area contributed by atoms with Crippen LogP contribution >= 0.6 is 0 Å². The molecular formula is C25H26N4O3. The summed E-state index contributed by atoms with van der Waals surface area (Å²) >= 11 is 0. The van der Waals surface area contributed by atoms with Crippen molar-refractivity contribution in [3.05, 3.63) is 99.1 Å². The minimum Gasteiger partial charge on any atom is -0.489 e. The lowest BCUT2D eigenvalue weighted by Gasteiger charge is -2.12. The molecule has 0 spiro atoms. The van der Waals surface area contributed by atoms with Gasteiger partial charge < -0.3 is 10.1 Å². The molecule has 0 saturated heterocycles. The van der Waals surface area contributed by atoms with E-state index in [0.717, 1.165) is 40.2 Å². The van der Waals surface area contributed by atoms with Gasteiger partial charge in [-0.15, -0.1) is 0 Å². The van der Waals surface area contributed by atoms with E-state index in [9.17, 15) is 9.59 Å². The molecular weight excluding hydrogens is 404 g/mol. The van der Waals surface area contributed by atoms with E-state index >= 15 is 0 Å². The van der Waals surface area contributed by atoms with Crippen molar-refractivity contribution in [2.75, 3.05) is 6.54 Å². The molecule has 2 N–H and O–H groups in total. The average molecular weight is 431 g/mol. The van der Waals surface area contributed by atoms with Crippen LogP contribution in [0.15, 0.2) is 65.5 Å². The van der Waals surface area contributed by atoms with Crippen LogP contribution in [0.1, 0.15) is 28.1 Å². The number of nitrogens with zero attached hydrogens (tertiary/aromatic N) is 2. The Morgan fingerprint density at radius 1 is 1.06 bits per heavy atom. The second-order valence-corrected chi connectivity index (χ2v) is 7.77. The molecule has 0 aliphatic carbocycles. The fourth-order valence-corrected chi connectivity index (χ4v) is 3.67. The summed E-state index contributed by atoms with van der Waals surface area (Å²) in [6.45, 7) is 4.81. The fraction of sp³-hybridized carbons (Fsp3) is 0.240. The SMILES string of the molecule is Cc1nc2cc(=O)[nH]n2c(C)c1CC(=O)NCCc1ccc(OCc2ccccc2)cc1. The van der Waals surface area contributed by atoms with Crippen molar-refractivity contribution in [1.82, 2.24) is 19.9 Å². The Bertz CT molecular complexity index is 1270. The van der Waals surface area contributed by atoms with E-state index < -0.39 is 0 Å². The second kappa shape index (κ2) is 9.51. The van der Waals surface area contributed by atoms with Crippen LogP contribution in [0.2, 0.25) is 0 Å². The van der Waals surface area contributed by atoms with Crippen molar-refractivity contribution in [2.45, 2.75) is 33.3 Å². The summed E-state index contributed by atoms with van der Waals surface area (Å²) in [5.74, 6) is 0.744. The van der Waals surface area contributed by atoms with Gasteiger partial charge >= 0.3 is 0 Å². The molecule has 2 aromatic carbocycles. The van der Waals surface area contributed by atoms with Crippen LogP contribution in [0.25, 0.3) is 5.65 Å². The van der Waals surface area contributed by atoms with Gasteiger partial charge in [0.15, 0.2) is 5.65 Å². The summed E-state index contributed by atoms with van der Waals surface area (Å²) in [6, 6.07) is 19.4. The number of hydrogen-bond acceptors (Lipinski definition) is 4. The van der Waals surface area contributed by atoms with Crippen molar-refractivity contribution in [3.63, 3.8) is 0 Å². The molecule has 4 rings (SSSR count). The highest BCUT2D eigenvalue weighted by atomic mass is 16.5. The maximum atomic E-state index is 12.5. The van der Waals surface area contributed by atoms with Gasteiger partial charge in [-0.2, -0.15) is 0 Å². The van der Waals surface area contributed by atoms with Crippen LogP contribution in [0.3, 0.4) is 0 Å². The number of carbonyl (C=O) groups excluding carboxylic acids is 1. The fourth-order valence-electron chi connectivity index (χ4n) is 3.67. The Morgan fingerprint density at radius 3 is 2.56 bits per heavy atom. The van der Waals surface area contributed by atoms with E-state index in [4.69, 9.17) is 4.74 Å². The van der Waals surface area contributed by atoms with E-state index in [1.807, 2.05) is 68.4 Å². The van der Waals surface area contributed by atoms with E-state index in [0.29, 0.717) is 18.8 Å². The highest BCUT2D eigenvalue weighted by Crippen LogP contribution is 2.15. The molecule has 0 saturated carbocycles. The number of carbonyl (C=O) groups is 1. The topological polar surface area (TPSA) is 88.5 Å². The predicted octanol–water partition coefficient (Wildman–Crippen LogP) is 3.12. The molecule has 32 heavy (non-hydrogen) atoms. The van der Waals surface area contributed by atoms with Crippen molar-refractivity contribution < 1.29 is 9.53 Å². The summed E-state index contributed by atoms with van der Waals surface area (Å²) in [4.78, 5) is 28.5. The molecule has 7 nitrogen and oxygen atoms in total. The Morgan fingerprint density at radius 2 is 1.81 bits per heavy atom. The number of amides is 1. The van der Waals surface area contributed by atoms with Crippen LogP contribution in [0.5, 0.6) is 5.75 Å². The lowest BCUT2D eigenvalue weighted by molar-refractivity contribution is -0.120. The van der Waals surface area contributed by atoms with Gasteiger partial charge in [0, 0.05) is 29.6 Å².